The molecule has 2 aromatic rings. The molecular weight excluding hydrogens is 230 g/mol. The molecule has 0 bridgehead atoms. The van der Waals surface area contributed by atoms with E-state index in [0.717, 1.165) is 11.1 Å². The van der Waals surface area contributed by atoms with Crippen LogP contribution in [-0.4, -0.2) is 17.1 Å². The number of nitrogens with zero attached hydrogens (tertiary/aromatic N) is 2. The summed E-state index contributed by atoms with van der Waals surface area (Å²) in [5, 5.41) is 0. The van der Waals surface area contributed by atoms with Gasteiger partial charge in [0.25, 0.3) is 0 Å². The molecule has 5 heteroatoms. The second-order valence-corrected chi connectivity index (χ2v) is 3.76. The molecule has 0 fully saturated rings. The van der Waals surface area contributed by atoms with Crippen LogP contribution in [0.15, 0.2) is 36.7 Å². The third kappa shape index (κ3) is 3.26. The average Bonchev–Trinajstić information content (AvgIpc) is 2.40. The van der Waals surface area contributed by atoms with E-state index in [4.69, 9.17) is 15.2 Å². The van der Waals surface area contributed by atoms with Crippen LogP contribution in [0.3, 0.4) is 0 Å². The minimum Gasteiger partial charge on any atom is -0.424 e. The highest BCUT2D eigenvalue weighted by Gasteiger charge is 2.01. The van der Waals surface area contributed by atoms with Gasteiger partial charge in [-0.1, -0.05) is 12.1 Å². The zero-order chi connectivity index (χ0) is 12.8. The Kier molecular flexibility index (Phi) is 4.22. The molecule has 0 aliphatic heterocycles. The summed E-state index contributed by atoms with van der Waals surface area (Å²) in [6, 6.07) is 7.91. The molecule has 1 heterocycles. The summed E-state index contributed by atoms with van der Waals surface area (Å²) in [7, 11) is 1.65. The van der Waals surface area contributed by atoms with Crippen molar-refractivity contribution in [3.05, 3.63) is 47.8 Å². The largest absolute Gasteiger partial charge is 0.424 e. The van der Waals surface area contributed by atoms with Crippen molar-refractivity contribution >= 4 is 0 Å². The van der Waals surface area contributed by atoms with Gasteiger partial charge in [0.1, 0.15) is 5.75 Å². The number of ether oxygens (including phenoxy) is 2. The van der Waals surface area contributed by atoms with Crippen LogP contribution in [-0.2, 0) is 17.9 Å². The lowest BCUT2D eigenvalue weighted by atomic mass is 10.2. The summed E-state index contributed by atoms with van der Waals surface area (Å²) in [6.07, 6.45) is 3.31. The Morgan fingerprint density at radius 2 is 1.94 bits per heavy atom. The van der Waals surface area contributed by atoms with Crippen molar-refractivity contribution in [1.82, 2.24) is 9.97 Å². The van der Waals surface area contributed by atoms with Gasteiger partial charge in [-0.15, -0.1) is 0 Å². The second kappa shape index (κ2) is 6.09. The van der Waals surface area contributed by atoms with Gasteiger partial charge >= 0.3 is 6.01 Å². The summed E-state index contributed by atoms with van der Waals surface area (Å²) in [4.78, 5) is 8.15. The van der Waals surface area contributed by atoms with Crippen LogP contribution in [0.1, 0.15) is 11.1 Å². The van der Waals surface area contributed by atoms with Crippen molar-refractivity contribution < 1.29 is 9.47 Å². The smallest absolute Gasteiger partial charge is 0.321 e. The van der Waals surface area contributed by atoms with E-state index in [1.807, 2.05) is 24.3 Å². The highest BCUT2D eigenvalue weighted by Crippen LogP contribution is 2.19. The standard InChI is InChI=1S/C13H15N3O2/c1-17-9-10-3-2-4-12(5-10)18-13-15-7-11(6-14)8-16-13/h2-5,7-8H,6,9,14H2,1H3. The predicted octanol–water partition coefficient (Wildman–Crippen LogP) is 1.87. The number of rotatable bonds is 5. The third-order valence-electron chi connectivity index (χ3n) is 2.34. The molecule has 1 aromatic carbocycles. The van der Waals surface area contributed by atoms with Crippen LogP contribution in [0.4, 0.5) is 0 Å². The van der Waals surface area contributed by atoms with Gasteiger partial charge in [-0.3, -0.25) is 0 Å². The lowest BCUT2D eigenvalue weighted by Gasteiger charge is -2.06. The molecule has 18 heavy (non-hydrogen) atoms. The molecule has 0 unspecified atom stereocenters. The number of aromatic nitrogens is 2. The van der Waals surface area contributed by atoms with Crippen LogP contribution in [0.25, 0.3) is 0 Å². The first-order valence-electron chi connectivity index (χ1n) is 5.58. The first kappa shape index (κ1) is 12.5. The number of hydrogen-bond donors (Lipinski definition) is 1. The fourth-order valence-electron chi connectivity index (χ4n) is 1.47. The van der Waals surface area contributed by atoms with E-state index in [1.165, 1.54) is 0 Å². The van der Waals surface area contributed by atoms with Gasteiger partial charge in [0, 0.05) is 31.6 Å². The normalized spacial score (nSPS) is 10.3. The predicted molar refractivity (Wildman–Crippen MR) is 67.2 cm³/mol. The minimum absolute atomic E-state index is 0.307. The van der Waals surface area contributed by atoms with Crippen molar-refractivity contribution in [2.24, 2.45) is 5.73 Å². The van der Waals surface area contributed by atoms with Gasteiger partial charge in [0.15, 0.2) is 0 Å². The van der Waals surface area contributed by atoms with Gasteiger partial charge < -0.3 is 15.2 Å². The van der Waals surface area contributed by atoms with E-state index in [1.54, 1.807) is 19.5 Å². The summed E-state index contributed by atoms with van der Waals surface area (Å²) in [6.45, 7) is 0.966. The summed E-state index contributed by atoms with van der Waals surface area (Å²) in [5.74, 6) is 0.685. The van der Waals surface area contributed by atoms with E-state index in [2.05, 4.69) is 9.97 Å². The summed E-state index contributed by atoms with van der Waals surface area (Å²) >= 11 is 0. The molecule has 94 valence electrons. The molecule has 0 saturated heterocycles. The number of hydrogen-bond acceptors (Lipinski definition) is 5. The minimum atomic E-state index is 0.307. The first-order chi connectivity index (χ1) is 8.81. The molecule has 0 aliphatic carbocycles. The highest BCUT2D eigenvalue weighted by atomic mass is 16.5. The van der Waals surface area contributed by atoms with Crippen molar-refractivity contribution in [2.45, 2.75) is 13.2 Å². The fourth-order valence-corrected chi connectivity index (χ4v) is 1.47. The Balaban J connectivity index is 2.09. The van der Waals surface area contributed by atoms with E-state index >= 15 is 0 Å². The fraction of sp³-hybridized carbons (Fsp3) is 0.231. The number of methoxy groups -OCH3 is 1. The van der Waals surface area contributed by atoms with Crippen molar-refractivity contribution in [2.75, 3.05) is 7.11 Å². The molecular formula is C13H15N3O2. The van der Waals surface area contributed by atoms with Crippen LogP contribution in [0.5, 0.6) is 11.8 Å². The van der Waals surface area contributed by atoms with Crippen LogP contribution >= 0.6 is 0 Å². The van der Waals surface area contributed by atoms with Crippen LogP contribution in [0, 0.1) is 0 Å². The number of benzene rings is 1. The Morgan fingerprint density at radius 3 is 2.61 bits per heavy atom. The second-order valence-electron chi connectivity index (χ2n) is 3.76. The Morgan fingerprint density at radius 1 is 1.17 bits per heavy atom. The van der Waals surface area contributed by atoms with E-state index in [0.29, 0.717) is 24.9 Å². The summed E-state index contributed by atoms with van der Waals surface area (Å²) in [5.41, 5.74) is 7.38. The Bertz CT molecular complexity index is 500. The topological polar surface area (TPSA) is 70.3 Å². The van der Waals surface area contributed by atoms with Crippen molar-refractivity contribution in [1.29, 1.82) is 0 Å². The monoisotopic (exact) mass is 245 g/mol. The molecule has 0 saturated carbocycles. The Hall–Kier alpha value is -1.98. The Labute approximate surface area is 106 Å². The highest BCUT2D eigenvalue weighted by molar-refractivity contribution is 5.30. The van der Waals surface area contributed by atoms with E-state index in [9.17, 15) is 0 Å². The van der Waals surface area contributed by atoms with Crippen LogP contribution < -0.4 is 10.5 Å². The maximum absolute atomic E-state index is 5.55. The summed E-state index contributed by atoms with van der Waals surface area (Å²) < 4.78 is 10.6. The first-order valence-corrected chi connectivity index (χ1v) is 5.58. The van der Waals surface area contributed by atoms with E-state index < -0.39 is 0 Å². The third-order valence-corrected chi connectivity index (χ3v) is 2.34. The molecule has 0 spiro atoms. The van der Waals surface area contributed by atoms with E-state index in [-0.39, 0.29) is 0 Å². The zero-order valence-electron chi connectivity index (χ0n) is 10.2. The molecule has 0 amide bonds. The van der Waals surface area contributed by atoms with Crippen LogP contribution in [0.2, 0.25) is 0 Å². The lowest BCUT2D eigenvalue weighted by molar-refractivity contribution is 0.184. The van der Waals surface area contributed by atoms with Gasteiger partial charge in [-0.05, 0) is 17.7 Å². The van der Waals surface area contributed by atoms with Gasteiger partial charge in [0.2, 0.25) is 0 Å². The molecule has 2 rings (SSSR count). The molecule has 1 aromatic heterocycles. The van der Waals surface area contributed by atoms with Crippen molar-refractivity contribution in [3.8, 4) is 11.8 Å². The van der Waals surface area contributed by atoms with Gasteiger partial charge in [-0.2, -0.15) is 0 Å². The SMILES string of the molecule is COCc1cccc(Oc2ncc(CN)cn2)c1. The molecule has 2 N–H and O–H groups in total. The van der Waals surface area contributed by atoms with Gasteiger partial charge in [-0.25, -0.2) is 9.97 Å². The lowest BCUT2D eigenvalue weighted by Crippen LogP contribution is -1.99. The number of nitrogens with two attached hydrogens (primary N) is 1. The molecule has 0 aliphatic rings. The molecule has 5 nitrogen and oxygen atoms in total. The quantitative estimate of drug-likeness (QED) is 0.870. The zero-order valence-corrected chi connectivity index (χ0v) is 10.2. The molecule has 0 atom stereocenters. The molecule has 0 radical (unpaired) electrons. The van der Waals surface area contributed by atoms with Gasteiger partial charge in [0.05, 0.1) is 6.61 Å². The maximum Gasteiger partial charge on any atom is 0.321 e. The average molecular weight is 245 g/mol. The maximum atomic E-state index is 5.55. The van der Waals surface area contributed by atoms with Crippen molar-refractivity contribution in [3.63, 3.8) is 0 Å².